The van der Waals surface area contributed by atoms with Crippen LogP contribution in [0.1, 0.15) is 0 Å². The number of halogens is 3. The van der Waals surface area contributed by atoms with E-state index in [1.54, 1.807) is 17.4 Å². The highest BCUT2D eigenvalue weighted by Crippen LogP contribution is 2.27. The molecule has 2 N–H and O–H groups in total. The van der Waals surface area contributed by atoms with Crippen LogP contribution in [0, 0.1) is 0 Å². The van der Waals surface area contributed by atoms with Gasteiger partial charge in [0.1, 0.15) is 5.75 Å². The van der Waals surface area contributed by atoms with Crippen LogP contribution in [0.4, 0.5) is 29.3 Å². The Balaban J connectivity index is 1.66. The first-order chi connectivity index (χ1) is 12.4. The van der Waals surface area contributed by atoms with E-state index in [1.165, 1.54) is 12.1 Å². The Kier molecular flexibility index (Phi) is 5.13. The summed E-state index contributed by atoms with van der Waals surface area (Å²) in [6.45, 7) is 0. The third-order valence-corrected chi connectivity index (χ3v) is 4.17. The van der Waals surface area contributed by atoms with E-state index in [-0.39, 0.29) is 5.69 Å². The molecule has 8 heteroatoms. The Bertz CT molecular complexity index is 895. The van der Waals surface area contributed by atoms with Crippen molar-refractivity contribution in [2.24, 2.45) is 0 Å². The minimum atomic E-state index is -4.79. The van der Waals surface area contributed by atoms with E-state index in [1.807, 2.05) is 35.7 Å². The molecule has 2 aromatic carbocycles. The number of amides is 2. The molecule has 26 heavy (non-hydrogen) atoms. The van der Waals surface area contributed by atoms with Crippen molar-refractivity contribution in [3.63, 3.8) is 0 Å². The molecular formula is C18H13F3N2O2S. The summed E-state index contributed by atoms with van der Waals surface area (Å²) in [5.74, 6) is -0.407. The van der Waals surface area contributed by atoms with Gasteiger partial charge in [-0.05, 0) is 41.3 Å². The molecule has 134 valence electrons. The summed E-state index contributed by atoms with van der Waals surface area (Å²) in [5, 5.41) is 7.08. The summed E-state index contributed by atoms with van der Waals surface area (Å²) in [5.41, 5.74) is 1.70. The Morgan fingerprint density at radius 2 is 1.62 bits per heavy atom. The van der Waals surface area contributed by atoms with Crippen LogP contribution < -0.4 is 15.4 Å². The van der Waals surface area contributed by atoms with E-state index in [2.05, 4.69) is 15.4 Å². The number of anilines is 2. The third-order valence-electron chi connectivity index (χ3n) is 3.25. The monoisotopic (exact) mass is 378 g/mol. The largest absolute Gasteiger partial charge is 0.573 e. The second-order valence-electron chi connectivity index (χ2n) is 5.21. The zero-order valence-electron chi connectivity index (χ0n) is 13.2. The summed E-state index contributed by atoms with van der Waals surface area (Å²) >= 11 is 1.58. The first kappa shape index (κ1) is 17.8. The molecule has 1 heterocycles. The van der Waals surface area contributed by atoms with E-state index in [0.29, 0.717) is 5.69 Å². The zero-order chi connectivity index (χ0) is 18.6. The second-order valence-corrected chi connectivity index (χ2v) is 6.16. The lowest BCUT2D eigenvalue weighted by Crippen LogP contribution is -2.20. The molecule has 1 aromatic heterocycles. The van der Waals surface area contributed by atoms with Crippen molar-refractivity contribution >= 4 is 28.7 Å². The van der Waals surface area contributed by atoms with E-state index in [0.717, 1.165) is 22.6 Å². The predicted octanol–water partition coefficient (Wildman–Crippen LogP) is 5.96. The molecule has 0 aliphatic rings. The lowest BCUT2D eigenvalue weighted by Gasteiger charge is -2.11. The molecule has 4 nitrogen and oxygen atoms in total. The van der Waals surface area contributed by atoms with Gasteiger partial charge in [-0.1, -0.05) is 24.3 Å². The van der Waals surface area contributed by atoms with Gasteiger partial charge < -0.3 is 15.4 Å². The van der Waals surface area contributed by atoms with Crippen LogP contribution >= 0.6 is 11.3 Å². The molecule has 0 saturated heterocycles. The van der Waals surface area contributed by atoms with E-state index in [9.17, 15) is 18.0 Å². The quantitative estimate of drug-likeness (QED) is 0.589. The maximum Gasteiger partial charge on any atom is 0.573 e. The summed E-state index contributed by atoms with van der Waals surface area (Å²) in [7, 11) is 0. The van der Waals surface area contributed by atoms with Crippen LogP contribution in [0.25, 0.3) is 10.4 Å². The van der Waals surface area contributed by atoms with Gasteiger partial charge in [-0.2, -0.15) is 0 Å². The number of thiophene rings is 1. The van der Waals surface area contributed by atoms with Gasteiger partial charge in [-0.25, -0.2) is 4.79 Å². The molecule has 0 atom stereocenters. The minimum Gasteiger partial charge on any atom is -0.406 e. The fraction of sp³-hybridized carbons (Fsp3) is 0.0556. The van der Waals surface area contributed by atoms with Gasteiger partial charge in [0.25, 0.3) is 0 Å². The van der Waals surface area contributed by atoms with E-state index < -0.39 is 18.1 Å². The van der Waals surface area contributed by atoms with Crippen LogP contribution in [-0.2, 0) is 0 Å². The fourth-order valence-corrected chi connectivity index (χ4v) is 2.98. The molecule has 3 aromatic rings. The first-order valence-corrected chi connectivity index (χ1v) is 8.35. The maximum absolute atomic E-state index is 12.3. The van der Waals surface area contributed by atoms with Gasteiger partial charge >= 0.3 is 12.4 Å². The summed E-state index contributed by atoms with van der Waals surface area (Å²) < 4.78 is 40.6. The Labute approximate surface area is 151 Å². The number of ether oxygens (including phenoxy) is 1. The lowest BCUT2D eigenvalue weighted by atomic mass is 10.1. The molecular weight excluding hydrogens is 365 g/mol. The number of carbonyl (C=O) groups excluding carboxylic acids is 1. The number of nitrogens with one attached hydrogen (secondary N) is 2. The molecule has 3 rings (SSSR count). The molecule has 2 amide bonds. The number of hydrogen-bond donors (Lipinski definition) is 2. The normalized spacial score (nSPS) is 11.0. The highest BCUT2D eigenvalue weighted by molar-refractivity contribution is 7.13. The number of hydrogen-bond acceptors (Lipinski definition) is 3. The number of rotatable bonds is 4. The Morgan fingerprint density at radius 1 is 0.923 bits per heavy atom. The Hall–Kier alpha value is -3.00. The number of benzene rings is 2. The molecule has 0 radical (unpaired) electrons. The van der Waals surface area contributed by atoms with Crippen molar-refractivity contribution in [2.45, 2.75) is 6.36 Å². The standard InChI is InChI=1S/C18H13F3N2O2S/c19-18(20,21)25-15-7-2-6-14(11-15)23-17(24)22-13-5-1-4-12(10-13)16-8-3-9-26-16/h1-11H,(H2,22,23,24). The SMILES string of the molecule is O=C(Nc1cccc(OC(F)(F)F)c1)Nc1cccc(-c2cccs2)c1. The average Bonchev–Trinajstić information content (AvgIpc) is 3.08. The van der Waals surface area contributed by atoms with Crippen molar-refractivity contribution in [1.29, 1.82) is 0 Å². The fourth-order valence-electron chi connectivity index (χ4n) is 2.26. The highest BCUT2D eigenvalue weighted by atomic mass is 32.1. The number of urea groups is 1. The van der Waals surface area contributed by atoms with E-state index >= 15 is 0 Å². The lowest BCUT2D eigenvalue weighted by molar-refractivity contribution is -0.274. The van der Waals surface area contributed by atoms with Crippen LogP contribution in [0.2, 0.25) is 0 Å². The molecule has 0 saturated carbocycles. The summed E-state index contributed by atoms with van der Waals surface area (Å²) in [6.07, 6.45) is -4.79. The average molecular weight is 378 g/mol. The minimum absolute atomic E-state index is 0.179. The summed E-state index contributed by atoms with van der Waals surface area (Å²) in [4.78, 5) is 13.2. The van der Waals surface area contributed by atoms with Crippen molar-refractivity contribution < 1.29 is 22.7 Å². The maximum atomic E-state index is 12.3. The molecule has 0 spiro atoms. The molecule has 0 bridgehead atoms. The van der Waals surface area contributed by atoms with Crippen molar-refractivity contribution in [3.8, 4) is 16.2 Å². The number of alkyl halides is 3. The second kappa shape index (κ2) is 7.49. The Morgan fingerprint density at radius 3 is 2.27 bits per heavy atom. The summed E-state index contributed by atoms with van der Waals surface area (Å²) in [6, 6.07) is 15.7. The molecule has 0 fully saturated rings. The third kappa shape index (κ3) is 5.00. The van der Waals surface area contributed by atoms with Gasteiger partial charge in [-0.3, -0.25) is 0 Å². The first-order valence-electron chi connectivity index (χ1n) is 7.47. The smallest absolute Gasteiger partial charge is 0.406 e. The molecule has 0 aliphatic carbocycles. The topological polar surface area (TPSA) is 50.4 Å². The predicted molar refractivity (Wildman–Crippen MR) is 95.5 cm³/mol. The van der Waals surface area contributed by atoms with Crippen LogP contribution in [-0.4, -0.2) is 12.4 Å². The van der Waals surface area contributed by atoms with Crippen LogP contribution in [0.3, 0.4) is 0 Å². The zero-order valence-corrected chi connectivity index (χ0v) is 14.0. The molecule has 0 aliphatic heterocycles. The van der Waals surface area contributed by atoms with Crippen LogP contribution in [0.15, 0.2) is 66.0 Å². The van der Waals surface area contributed by atoms with Crippen LogP contribution in [0.5, 0.6) is 5.75 Å². The van der Waals surface area contributed by atoms with Gasteiger partial charge in [0.2, 0.25) is 0 Å². The molecule has 0 unspecified atom stereocenters. The van der Waals surface area contributed by atoms with Gasteiger partial charge in [-0.15, -0.1) is 24.5 Å². The number of carbonyl (C=O) groups is 1. The highest BCUT2D eigenvalue weighted by Gasteiger charge is 2.31. The van der Waals surface area contributed by atoms with Gasteiger partial charge in [0, 0.05) is 22.3 Å². The van der Waals surface area contributed by atoms with Crippen molar-refractivity contribution in [1.82, 2.24) is 0 Å². The van der Waals surface area contributed by atoms with Gasteiger partial charge in [0.15, 0.2) is 0 Å². The van der Waals surface area contributed by atoms with E-state index in [4.69, 9.17) is 0 Å². The van der Waals surface area contributed by atoms with Gasteiger partial charge in [0.05, 0.1) is 0 Å². The van der Waals surface area contributed by atoms with Crippen molar-refractivity contribution in [3.05, 3.63) is 66.0 Å². The van der Waals surface area contributed by atoms with Crippen molar-refractivity contribution in [2.75, 3.05) is 10.6 Å².